The van der Waals surface area contributed by atoms with E-state index in [4.69, 9.17) is 27.9 Å². The monoisotopic (exact) mass is 678 g/mol. The van der Waals surface area contributed by atoms with Crippen LogP contribution in [-0.2, 0) is 10.0 Å². The molecule has 0 aromatic heterocycles. The zero-order chi connectivity index (χ0) is 32.1. The van der Waals surface area contributed by atoms with Gasteiger partial charge in [0.1, 0.15) is 5.75 Å². The van der Waals surface area contributed by atoms with Gasteiger partial charge in [0, 0.05) is 42.1 Å². The minimum absolute atomic E-state index is 0.00167. The number of carbonyl (C=O) groups is 1. The minimum atomic E-state index is -3.99. The predicted octanol–water partition coefficient (Wildman–Crippen LogP) is 8.29. The van der Waals surface area contributed by atoms with Crippen molar-refractivity contribution >= 4 is 56.2 Å². The second kappa shape index (κ2) is 14.3. The van der Waals surface area contributed by atoms with E-state index in [9.17, 15) is 13.2 Å². The number of amides is 1. The maximum absolute atomic E-state index is 13.2. The molecule has 2 N–H and O–H groups in total. The summed E-state index contributed by atoms with van der Waals surface area (Å²) in [7, 11) is -3.99. The third-order valence-electron chi connectivity index (χ3n) is 8.54. The van der Waals surface area contributed by atoms with Crippen LogP contribution >= 0.6 is 23.2 Å². The van der Waals surface area contributed by atoms with Crippen LogP contribution in [0.15, 0.2) is 95.9 Å². The molecule has 46 heavy (non-hydrogen) atoms. The summed E-state index contributed by atoms with van der Waals surface area (Å²) < 4.78 is 34.9. The first-order valence-corrected chi connectivity index (χ1v) is 17.7. The quantitative estimate of drug-likeness (QED) is 0.185. The number of para-hydroxylation sites is 2. The van der Waals surface area contributed by atoms with Gasteiger partial charge in [-0.3, -0.25) is 9.52 Å². The summed E-state index contributed by atoms with van der Waals surface area (Å²) in [5.41, 5.74) is 2.41. The molecule has 11 heteroatoms. The second-order valence-corrected chi connectivity index (χ2v) is 14.1. The van der Waals surface area contributed by atoms with Gasteiger partial charge in [-0.2, -0.15) is 0 Å². The van der Waals surface area contributed by atoms with Crippen molar-refractivity contribution in [2.75, 3.05) is 41.1 Å². The van der Waals surface area contributed by atoms with Gasteiger partial charge in [0.25, 0.3) is 15.9 Å². The number of anilines is 3. The second-order valence-electron chi connectivity index (χ2n) is 11.6. The molecule has 2 saturated heterocycles. The Hall–Kier alpha value is -3.76. The number of nitrogens with zero attached hydrogens (tertiary/aromatic N) is 2. The number of sulfonamides is 1. The van der Waals surface area contributed by atoms with Gasteiger partial charge in [0.2, 0.25) is 0 Å². The number of ether oxygens (including phenoxy) is 1. The molecule has 0 atom stereocenters. The fraction of sp³-hybridized carbons (Fsp3) is 0.286. The molecule has 2 aliphatic heterocycles. The lowest BCUT2D eigenvalue weighted by Gasteiger charge is -2.41. The molecular weight excluding hydrogens is 643 g/mol. The molecule has 0 bridgehead atoms. The number of hydrogen-bond donors (Lipinski definition) is 2. The first-order chi connectivity index (χ1) is 22.2. The summed E-state index contributed by atoms with van der Waals surface area (Å²) in [5.74, 6) is 0.361. The molecule has 0 spiro atoms. The zero-order valence-electron chi connectivity index (χ0n) is 25.3. The van der Waals surface area contributed by atoms with E-state index in [2.05, 4.69) is 19.8 Å². The van der Waals surface area contributed by atoms with Crippen LogP contribution in [0.3, 0.4) is 0 Å². The number of piperidine rings is 2. The topological polar surface area (TPSA) is 91.0 Å². The van der Waals surface area contributed by atoms with Gasteiger partial charge in [0.15, 0.2) is 5.75 Å². The van der Waals surface area contributed by atoms with Crippen LogP contribution < -0.4 is 19.7 Å². The van der Waals surface area contributed by atoms with E-state index < -0.39 is 10.0 Å². The molecule has 2 fully saturated rings. The van der Waals surface area contributed by atoms with E-state index in [1.807, 2.05) is 24.3 Å². The van der Waals surface area contributed by atoms with Gasteiger partial charge in [-0.1, -0.05) is 41.8 Å². The molecule has 0 saturated carbocycles. The molecule has 4 aromatic rings. The molecule has 8 nitrogen and oxygen atoms in total. The molecule has 0 aliphatic carbocycles. The number of hydrogen-bond acceptors (Lipinski definition) is 6. The number of likely N-dealkylation sites (tertiary alicyclic amines) is 1. The Morgan fingerprint density at radius 2 is 1.48 bits per heavy atom. The fourth-order valence-electron chi connectivity index (χ4n) is 6.03. The third-order valence-corrected chi connectivity index (χ3v) is 10.7. The first kappa shape index (κ1) is 32.2. The Labute approximate surface area is 280 Å². The van der Waals surface area contributed by atoms with Crippen molar-refractivity contribution in [2.24, 2.45) is 0 Å². The molecule has 0 radical (unpaired) electrons. The van der Waals surface area contributed by atoms with Crippen molar-refractivity contribution in [3.8, 4) is 11.5 Å². The lowest BCUT2D eigenvalue weighted by atomic mass is 9.99. The number of halogens is 2. The van der Waals surface area contributed by atoms with Crippen molar-refractivity contribution in [3.63, 3.8) is 0 Å². The highest BCUT2D eigenvalue weighted by Gasteiger charge is 2.26. The summed E-state index contributed by atoms with van der Waals surface area (Å²) in [6, 6.07) is 25.8. The molecule has 0 unspecified atom stereocenters. The molecule has 6 rings (SSSR count). The highest BCUT2D eigenvalue weighted by Crippen LogP contribution is 2.34. The minimum Gasteiger partial charge on any atom is -0.455 e. The van der Waals surface area contributed by atoms with E-state index in [-0.39, 0.29) is 22.2 Å². The molecule has 240 valence electrons. The van der Waals surface area contributed by atoms with Crippen molar-refractivity contribution in [3.05, 3.63) is 107 Å². The summed E-state index contributed by atoms with van der Waals surface area (Å²) in [5, 5.41) is 3.61. The molecule has 1 amide bonds. The lowest BCUT2D eigenvalue weighted by molar-refractivity contribution is 0.102. The normalized spacial score (nSPS) is 16.2. The van der Waals surface area contributed by atoms with E-state index >= 15 is 0 Å². The maximum atomic E-state index is 13.2. The standard InChI is InChI=1S/C35H36Cl2N4O4S/c36-31-17-14-29(24-32(31)37)45-34-7-3-2-6-33(34)39-46(43,44)30-15-8-25(9-16-30)35(42)38-26-10-12-27(13-11-26)41-22-18-28(19-23-41)40-20-4-1-5-21-40/h2-3,6-17,24,28,39H,1,4-5,18-23H2,(H,38,42). The van der Waals surface area contributed by atoms with Crippen molar-refractivity contribution in [1.29, 1.82) is 0 Å². The summed E-state index contributed by atoms with van der Waals surface area (Å²) >= 11 is 12.1. The molecule has 2 heterocycles. The van der Waals surface area contributed by atoms with Crippen LogP contribution in [0.25, 0.3) is 0 Å². The average Bonchev–Trinajstić information content (AvgIpc) is 3.08. The SMILES string of the molecule is O=C(Nc1ccc(N2CCC(N3CCCCC3)CC2)cc1)c1ccc(S(=O)(=O)Nc2ccccc2Oc2ccc(Cl)c(Cl)c2)cc1. The maximum Gasteiger partial charge on any atom is 0.262 e. The van der Waals surface area contributed by atoms with E-state index in [1.165, 1.54) is 69.5 Å². The average molecular weight is 680 g/mol. The third kappa shape index (κ3) is 7.78. The van der Waals surface area contributed by atoms with Gasteiger partial charge in [0.05, 0.1) is 20.6 Å². The van der Waals surface area contributed by atoms with Crippen LogP contribution in [-0.4, -0.2) is 51.4 Å². The van der Waals surface area contributed by atoms with Crippen LogP contribution in [0.1, 0.15) is 42.5 Å². The smallest absolute Gasteiger partial charge is 0.262 e. The zero-order valence-corrected chi connectivity index (χ0v) is 27.6. The largest absolute Gasteiger partial charge is 0.455 e. The van der Waals surface area contributed by atoms with Crippen molar-refractivity contribution < 1.29 is 17.9 Å². The van der Waals surface area contributed by atoms with Gasteiger partial charge in [-0.25, -0.2) is 8.42 Å². The van der Waals surface area contributed by atoms with E-state index in [1.54, 1.807) is 42.5 Å². The highest BCUT2D eigenvalue weighted by molar-refractivity contribution is 7.92. The number of benzene rings is 4. The molecular formula is C35H36Cl2N4O4S. The van der Waals surface area contributed by atoms with Crippen LogP contribution in [0.5, 0.6) is 11.5 Å². The van der Waals surface area contributed by atoms with E-state index in [0.717, 1.165) is 18.8 Å². The Morgan fingerprint density at radius 1 is 0.783 bits per heavy atom. The van der Waals surface area contributed by atoms with E-state index in [0.29, 0.717) is 33.1 Å². The molecule has 2 aliphatic rings. The predicted molar refractivity (Wildman–Crippen MR) is 185 cm³/mol. The van der Waals surface area contributed by atoms with Crippen molar-refractivity contribution in [2.45, 2.75) is 43.0 Å². The number of rotatable bonds is 9. The van der Waals surface area contributed by atoms with Gasteiger partial charge >= 0.3 is 0 Å². The van der Waals surface area contributed by atoms with Gasteiger partial charge < -0.3 is 19.9 Å². The Bertz CT molecular complexity index is 1770. The van der Waals surface area contributed by atoms with Crippen molar-refractivity contribution in [1.82, 2.24) is 4.90 Å². The Balaban J connectivity index is 1.05. The summed E-state index contributed by atoms with van der Waals surface area (Å²) in [4.78, 5) is 18.1. The van der Waals surface area contributed by atoms with Crippen LogP contribution in [0, 0.1) is 0 Å². The van der Waals surface area contributed by atoms with Gasteiger partial charge in [-0.15, -0.1) is 0 Å². The van der Waals surface area contributed by atoms with Gasteiger partial charge in [-0.05, 0) is 112 Å². The lowest BCUT2D eigenvalue weighted by Crippen LogP contribution is -2.46. The first-order valence-electron chi connectivity index (χ1n) is 15.5. The highest BCUT2D eigenvalue weighted by atomic mass is 35.5. The van der Waals surface area contributed by atoms with Crippen LogP contribution in [0.4, 0.5) is 17.1 Å². The number of carbonyl (C=O) groups excluding carboxylic acids is 1. The van der Waals surface area contributed by atoms with Crippen LogP contribution in [0.2, 0.25) is 10.0 Å². The molecule has 4 aromatic carbocycles. The summed E-state index contributed by atoms with van der Waals surface area (Å²) in [6.07, 6.45) is 6.36. The number of nitrogens with one attached hydrogen (secondary N) is 2. The Morgan fingerprint density at radius 3 is 2.17 bits per heavy atom. The summed E-state index contributed by atoms with van der Waals surface area (Å²) in [6.45, 7) is 4.54. The fourth-order valence-corrected chi connectivity index (χ4v) is 7.39. The Kier molecular flexibility index (Phi) is 10.0.